The molecule has 0 aromatic heterocycles. The summed E-state index contributed by atoms with van der Waals surface area (Å²) >= 11 is 5.42. The molecule has 1 aromatic rings. The summed E-state index contributed by atoms with van der Waals surface area (Å²) < 4.78 is 13.0. The monoisotopic (exact) mass is 210 g/mol. The molecule has 0 fully saturated rings. The van der Waals surface area contributed by atoms with Gasteiger partial charge in [0.15, 0.2) is 6.29 Å². The van der Waals surface area contributed by atoms with Crippen LogP contribution in [-0.4, -0.2) is 12.2 Å². The van der Waals surface area contributed by atoms with Gasteiger partial charge in [-0.3, -0.25) is 4.79 Å². The maximum atomic E-state index is 13.0. The maximum absolute atomic E-state index is 13.0. The Balaban J connectivity index is 2.88. The summed E-state index contributed by atoms with van der Waals surface area (Å²) in [5.74, 6) is 5.44. The Labute approximate surface area is 86.9 Å². The van der Waals surface area contributed by atoms with Crippen LogP contribution in [0.4, 0.5) is 4.39 Å². The zero-order valence-corrected chi connectivity index (χ0v) is 8.14. The molecule has 0 amide bonds. The van der Waals surface area contributed by atoms with Crippen molar-refractivity contribution >= 4 is 17.9 Å². The van der Waals surface area contributed by atoms with Crippen molar-refractivity contribution in [3.63, 3.8) is 0 Å². The third-order valence-electron chi connectivity index (χ3n) is 1.58. The van der Waals surface area contributed by atoms with Crippen molar-refractivity contribution in [2.24, 2.45) is 0 Å². The largest absolute Gasteiger partial charge is 0.298 e. The van der Waals surface area contributed by atoms with E-state index in [1.165, 1.54) is 12.1 Å². The van der Waals surface area contributed by atoms with Crippen LogP contribution in [0.2, 0.25) is 0 Å². The fourth-order valence-electron chi connectivity index (χ4n) is 0.912. The number of benzene rings is 1. The molecule has 0 saturated heterocycles. The lowest BCUT2D eigenvalue weighted by Gasteiger charge is -1.94. The minimum atomic E-state index is -0.544. The Morgan fingerprint density at radius 1 is 1.50 bits per heavy atom. The number of alkyl halides is 1. The van der Waals surface area contributed by atoms with Crippen LogP contribution in [0, 0.1) is 17.7 Å². The fraction of sp³-hybridized carbons (Fsp3) is 0.182. The van der Waals surface area contributed by atoms with Gasteiger partial charge in [-0.15, -0.1) is 11.6 Å². The zero-order chi connectivity index (χ0) is 10.4. The molecular formula is C11H8ClFO. The third kappa shape index (κ3) is 2.86. The Morgan fingerprint density at radius 3 is 2.86 bits per heavy atom. The first-order valence-corrected chi connectivity index (χ1v) is 4.61. The first kappa shape index (κ1) is 10.7. The predicted molar refractivity (Wildman–Crippen MR) is 54.0 cm³/mol. The van der Waals surface area contributed by atoms with E-state index in [9.17, 15) is 9.18 Å². The van der Waals surface area contributed by atoms with E-state index in [0.29, 0.717) is 24.2 Å². The smallest absolute Gasteiger partial charge is 0.152 e. The lowest BCUT2D eigenvalue weighted by atomic mass is 10.1. The highest BCUT2D eigenvalue weighted by Crippen LogP contribution is 2.07. The number of rotatable bonds is 2. The minimum absolute atomic E-state index is 0.0490. The quantitative estimate of drug-likeness (QED) is 0.417. The number of hydrogen-bond acceptors (Lipinski definition) is 1. The molecular weight excluding hydrogens is 203 g/mol. The molecule has 72 valence electrons. The van der Waals surface area contributed by atoms with Crippen LogP contribution in [0.5, 0.6) is 0 Å². The minimum Gasteiger partial charge on any atom is -0.298 e. The molecule has 1 aromatic carbocycles. The SMILES string of the molecule is O=Cc1ccc(C#CCCCl)cc1F. The summed E-state index contributed by atoms with van der Waals surface area (Å²) in [6.07, 6.45) is 1.05. The number of halogens is 2. The molecule has 0 aliphatic carbocycles. The van der Waals surface area contributed by atoms with E-state index in [4.69, 9.17) is 11.6 Å². The molecule has 0 aliphatic rings. The van der Waals surface area contributed by atoms with Crippen LogP contribution in [-0.2, 0) is 0 Å². The van der Waals surface area contributed by atoms with Gasteiger partial charge >= 0.3 is 0 Å². The Morgan fingerprint density at radius 2 is 2.29 bits per heavy atom. The third-order valence-corrected chi connectivity index (χ3v) is 1.77. The molecule has 1 nitrogen and oxygen atoms in total. The van der Waals surface area contributed by atoms with Crippen molar-refractivity contribution in [1.29, 1.82) is 0 Å². The van der Waals surface area contributed by atoms with E-state index in [1.807, 2.05) is 0 Å². The topological polar surface area (TPSA) is 17.1 Å². The van der Waals surface area contributed by atoms with Crippen LogP contribution in [0.1, 0.15) is 22.3 Å². The van der Waals surface area contributed by atoms with Crippen LogP contribution in [0.3, 0.4) is 0 Å². The molecule has 0 spiro atoms. The maximum Gasteiger partial charge on any atom is 0.152 e. The predicted octanol–water partition coefficient (Wildman–Crippen LogP) is 2.62. The van der Waals surface area contributed by atoms with Crippen LogP contribution in [0.15, 0.2) is 18.2 Å². The molecule has 0 aliphatic heterocycles. The normalized spacial score (nSPS) is 9.00. The lowest BCUT2D eigenvalue weighted by Crippen LogP contribution is -1.88. The molecule has 0 heterocycles. The second-order valence-corrected chi connectivity index (χ2v) is 2.97. The van der Waals surface area contributed by atoms with Gasteiger partial charge in [0.05, 0.1) is 5.56 Å². The molecule has 0 unspecified atom stereocenters. The highest BCUT2D eigenvalue weighted by atomic mass is 35.5. The second-order valence-electron chi connectivity index (χ2n) is 2.59. The van der Waals surface area contributed by atoms with Gasteiger partial charge in [-0.2, -0.15) is 0 Å². The standard InChI is InChI=1S/C11H8ClFO/c12-6-2-1-3-9-4-5-10(8-14)11(13)7-9/h4-5,7-8H,2,6H2. The van der Waals surface area contributed by atoms with E-state index in [-0.39, 0.29) is 5.56 Å². The molecule has 0 saturated carbocycles. The summed E-state index contributed by atoms with van der Waals surface area (Å²) in [5, 5.41) is 0. The van der Waals surface area contributed by atoms with Gasteiger partial charge in [0.25, 0.3) is 0 Å². The van der Waals surface area contributed by atoms with Gasteiger partial charge < -0.3 is 0 Å². The van der Waals surface area contributed by atoms with Crippen molar-refractivity contribution in [1.82, 2.24) is 0 Å². The van der Waals surface area contributed by atoms with E-state index in [2.05, 4.69) is 11.8 Å². The highest BCUT2D eigenvalue weighted by Gasteiger charge is 1.99. The molecule has 0 atom stereocenters. The van der Waals surface area contributed by atoms with Crippen molar-refractivity contribution in [2.75, 3.05) is 5.88 Å². The molecule has 1 rings (SSSR count). The van der Waals surface area contributed by atoms with E-state index in [1.54, 1.807) is 6.07 Å². The van der Waals surface area contributed by atoms with E-state index >= 15 is 0 Å². The average Bonchev–Trinajstić information content (AvgIpc) is 2.18. The Bertz CT molecular complexity index is 390. The van der Waals surface area contributed by atoms with Crippen LogP contribution < -0.4 is 0 Å². The number of aldehydes is 1. The van der Waals surface area contributed by atoms with Crippen molar-refractivity contribution in [3.05, 3.63) is 35.1 Å². The summed E-state index contributed by atoms with van der Waals surface area (Å²) in [5.41, 5.74) is 0.603. The summed E-state index contributed by atoms with van der Waals surface area (Å²) in [7, 11) is 0. The number of carbonyl (C=O) groups excluding carboxylic acids is 1. The van der Waals surface area contributed by atoms with Gasteiger partial charge in [-0.1, -0.05) is 11.8 Å². The fourth-order valence-corrected chi connectivity index (χ4v) is 1.01. The van der Waals surface area contributed by atoms with Crippen LogP contribution in [0.25, 0.3) is 0 Å². The first-order chi connectivity index (χ1) is 6.77. The molecule has 0 radical (unpaired) electrons. The van der Waals surface area contributed by atoms with E-state index in [0.717, 1.165) is 0 Å². The van der Waals surface area contributed by atoms with Gasteiger partial charge in [0.2, 0.25) is 0 Å². The van der Waals surface area contributed by atoms with Crippen molar-refractivity contribution in [3.8, 4) is 11.8 Å². The summed E-state index contributed by atoms with van der Waals surface area (Å²) in [4.78, 5) is 10.3. The van der Waals surface area contributed by atoms with Gasteiger partial charge in [0, 0.05) is 17.9 Å². The zero-order valence-electron chi connectivity index (χ0n) is 7.39. The van der Waals surface area contributed by atoms with Crippen molar-refractivity contribution in [2.45, 2.75) is 6.42 Å². The molecule has 3 heteroatoms. The van der Waals surface area contributed by atoms with Crippen molar-refractivity contribution < 1.29 is 9.18 Å². The molecule has 0 N–H and O–H groups in total. The number of hydrogen-bond donors (Lipinski definition) is 0. The first-order valence-electron chi connectivity index (χ1n) is 4.07. The lowest BCUT2D eigenvalue weighted by molar-refractivity contribution is 0.112. The van der Waals surface area contributed by atoms with Crippen LogP contribution >= 0.6 is 11.6 Å². The second kappa shape index (κ2) is 5.41. The molecule has 14 heavy (non-hydrogen) atoms. The average molecular weight is 211 g/mol. The Kier molecular flexibility index (Phi) is 4.15. The van der Waals surface area contributed by atoms with Gasteiger partial charge in [-0.25, -0.2) is 4.39 Å². The molecule has 0 bridgehead atoms. The Hall–Kier alpha value is -1.33. The van der Waals surface area contributed by atoms with Gasteiger partial charge in [-0.05, 0) is 18.2 Å². The summed E-state index contributed by atoms with van der Waals surface area (Å²) in [6.45, 7) is 0. The highest BCUT2D eigenvalue weighted by molar-refractivity contribution is 6.18. The van der Waals surface area contributed by atoms with E-state index < -0.39 is 5.82 Å². The summed E-state index contributed by atoms with van der Waals surface area (Å²) in [6, 6.07) is 4.26. The van der Waals surface area contributed by atoms with Gasteiger partial charge in [0.1, 0.15) is 5.82 Å². The number of carbonyl (C=O) groups is 1.